The number of benzene rings is 1. The van der Waals surface area contributed by atoms with Gasteiger partial charge in [-0.05, 0) is 40.2 Å². The van der Waals surface area contributed by atoms with Gasteiger partial charge in [-0.15, -0.1) is 13.2 Å². The average Bonchev–Trinajstić information content (AvgIpc) is 2.35. The normalized spacial score (nSPS) is 11.3. The summed E-state index contributed by atoms with van der Waals surface area (Å²) in [6.45, 7) is 0. The van der Waals surface area contributed by atoms with Crippen LogP contribution in [0.25, 0.3) is 0 Å². The zero-order valence-electron chi connectivity index (χ0n) is 10.1. The predicted octanol–water partition coefficient (Wildman–Crippen LogP) is 4.77. The van der Waals surface area contributed by atoms with E-state index in [0.29, 0.717) is 5.69 Å². The van der Waals surface area contributed by atoms with Crippen molar-refractivity contribution in [2.45, 2.75) is 6.36 Å². The first kappa shape index (κ1) is 15.7. The fourth-order valence-electron chi connectivity index (χ4n) is 1.38. The van der Waals surface area contributed by atoms with Crippen LogP contribution in [0.5, 0.6) is 17.4 Å². The summed E-state index contributed by atoms with van der Waals surface area (Å²) in [7, 11) is 0. The molecular formula is C12H7BrClF3N2O2. The van der Waals surface area contributed by atoms with Gasteiger partial charge in [0.15, 0.2) is 0 Å². The van der Waals surface area contributed by atoms with E-state index in [1.54, 1.807) is 0 Å². The van der Waals surface area contributed by atoms with E-state index < -0.39 is 6.36 Å². The minimum absolute atomic E-state index is 0.0730. The molecule has 4 nitrogen and oxygen atoms in total. The summed E-state index contributed by atoms with van der Waals surface area (Å²) in [6.07, 6.45) is -3.43. The molecule has 0 spiro atoms. The van der Waals surface area contributed by atoms with E-state index in [2.05, 4.69) is 25.7 Å². The number of halogens is 5. The molecule has 0 bridgehead atoms. The lowest BCUT2D eigenvalue weighted by atomic mass is 10.3. The van der Waals surface area contributed by atoms with Crippen molar-refractivity contribution in [2.75, 3.05) is 5.73 Å². The van der Waals surface area contributed by atoms with Crippen LogP contribution in [-0.4, -0.2) is 11.3 Å². The summed E-state index contributed by atoms with van der Waals surface area (Å²) in [5, 5.41) is 0.182. The smallest absolute Gasteiger partial charge is 0.437 e. The highest BCUT2D eigenvalue weighted by atomic mass is 79.9. The Kier molecular flexibility index (Phi) is 4.48. The molecule has 1 heterocycles. The fraction of sp³-hybridized carbons (Fsp3) is 0.0833. The number of nitrogens with two attached hydrogens (primary N) is 1. The molecule has 21 heavy (non-hydrogen) atoms. The number of alkyl halides is 3. The number of anilines is 1. The summed E-state index contributed by atoms with van der Waals surface area (Å²) in [5.41, 5.74) is 5.85. The SMILES string of the molecule is Nc1cnc(Oc2ccc(OC(F)(F)F)c(Br)c2)c(Cl)c1. The minimum Gasteiger partial charge on any atom is -0.437 e. The number of pyridine rings is 1. The molecule has 2 N–H and O–H groups in total. The fourth-order valence-corrected chi connectivity index (χ4v) is 2.03. The summed E-state index contributed by atoms with van der Waals surface area (Å²) >= 11 is 8.85. The summed E-state index contributed by atoms with van der Waals surface area (Å²) < 4.78 is 45.7. The van der Waals surface area contributed by atoms with Gasteiger partial charge in [-0.1, -0.05) is 11.6 Å². The summed E-state index contributed by atoms with van der Waals surface area (Å²) in [6, 6.07) is 5.15. The second kappa shape index (κ2) is 5.98. The Morgan fingerprint density at radius 1 is 1.24 bits per heavy atom. The molecule has 0 saturated heterocycles. The van der Waals surface area contributed by atoms with Crippen LogP contribution in [0, 0.1) is 0 Å². The number of ether oxygens (including phenoxy) is 2. The first-order valence-corrected chi connectivity index (χ1v) is 6.56. The maximum Gasteiger partial charge on any atom is 0.573 e. The van der Waals surface area contributed by atoms with Crippen LogP contribution in [0.4, 0.5) is 18.9 Å². The zero-order valence-corrected chi connectivity index (χ0v) is 12.5. The molecule has 9 heteroatoms. The molecule has 0 fully saturated rings. The largest absolute Gasteiger partial charge is 0.573 e. The molecule has 1 aromatic heterocycles. The van der Waals surface area contributed by atoms with Crippen molar-refractivity contribution >= 4 is 33.2 Å². The number of nitrogen functional groups attached to an aromatic ring is 1. The van der Waals surface area contributed by atoms with E-state index in [4.69, 9.17) is 22.1 Å². The molecule has 0 aliphatic rings. The third-order valence-corrected chi connectivity index (χ3v) is 3.06. The Morgan fingerprint density at radius 3 is 2.52 bits per heavy atom. The van der Waals surface area contributed by atoms with Crippen molar-refractivity contribution in [2.24, 2.45) is 0 Å². The van der Waals surface area contributed by atoms with Gasteiger partial charge in [0, 0.05) is 0 Å². The van der Waals surface area contributed by atoms with Gasteiger partial charge >= 0.3 is 6.36 Å². The topological polar surface area (TPSA) is 57.4 Å². The van der Waals surface area contributed by atoms with E-state index in [-0.39, 0.29) is 26.9 Å². The molecule has 112 valence electrons. The Bertz CT molecular complexity index is 667. The number of rotatable bonds is 3. The highest BCUT2D eigenvalue weighted by molar-refractivity contribution is 9.10. The van der Waals surface area contributed by atoms with E-state index in [1.165, 1.54) is 24.4 Å². The highest BCUT2D eigenvalue weighted by Crippen LogP contribution is 2.35. The Balaban J connectivity index is 2.20. The molecule has 0 unspecified atom stereocenters. The first-order valence-electron chi connectivity index (χ1n) is 5.39. The third-order valence-electron chi connectivity index (χ3n) is 2.17. The lowest BCUT2D eigenvalue weighted by Crippen LogP contribution is -2.17. The lowest BCUT2D eigenvalue weighted by Gasteiger charge is -2.12. The van der Waals surface area contributed by atoms with Crippen molar-refractivity contribution in [3.8, 4) is 17.4 Å². The van der Waals surface area contributed by atoms with Crippen LogP contribution < -0.4 is 15.2 Å². The monoisotopic (exact) mass is 382 g/mol. The molecule has 1 aromatic carbocycles. The molecule has 0 aliphatic heterocycles. The Hall–Kier alpha value is -1.67. The molecule has 0 amide bonds. The number of nitrogens with zero attached hydrogens (tertiary/aromatic N) is 1. The standard InChI is InChI=1S/C12H7BrClF3N2O2/c13-8-4-7(1-2-10(8)21-12(15,16)17)20-11-9(14)3-6(18)5-19-11/h1-5H,18H2. The van der Waals surface area contributed by atoms with Gasteiger partial charge in [-0.3, -0.25) is 0 Å². The first-order chi connectivity index (χ1) is 9.74. The van der Waals surface area contributed by atoms with Crippen LogP contribution >= 0.6 is 27.5 Å². The van der Waals surface area contributed by atoms with Crippen LogP contribution in [0.2, 0.25) is 5.02 Å². The van der Waals surface area contributed by atoms with Gasteiger partial charge in [-0.25, -0.2) is 4.98 Å². The van der Waals surface area contributed by atoms with Crippen molar-refractivity contribution in [3.05, 3.63) is 40.0 Å². The summed E-state index contributed by atoms with van der Waals surface area (Å²) in [4.78, 5) is 3.88. The molecule has 2 aromatic rings. The van der Waals surface area contributed by atoms with Crippen LogP contribution in [0.3, 0.4) is 0 Å². The van der Waals surface area contributed by atoms with E-state index in [1.807, 2.05) is 0 Å². The minimum atomic E-state index is -4.77. The van der Waals surface area contributed by atoms with Crippen LogP contribution in [0.1, 0.15) is 0 Å². The van der Waals surface area contributed by atoms with Gasteiger partial charge < -0.3 is 15.2 Å². The molecule has 0 aliphatic carbocycles. The van der Waals surface area contributed by atoms with Gasteiger partial charge in [0.05, 0.1) is 16.4 Å². The Morgan fingerprint density at radius 2 is 1.95 bits per heavy atom. The maximum absolute atomic E-state index is 12.1. The average molecular weight is 384 g/mol. The molecular weight excluding hydrogens is 376 g/mol. The predicted molar refractivity (Wildman–Crippen MR) is 74.6 cm³/mol. The van der Waals surface area contributed by atoms with Crippen molar-refractivity contribution < 1.29 is 22.6 Å². The number of hydrogen-bond acceptors (Lipinski definition) is 4. The van der Waals surface area contributed by atoms with Crippen molar-refractivity contribution in [1.29, 1.82) is 0 Å². The van der Waals surface area contributed by atoms with Crippen LogP contribution in [0.15, 0.2) is 34.9 Å². The van der Waals surface area contributed by atoms with Crippen molar-refractivity contribution in [3.63, 3.8) is 0 Å². The van der Waals surface area contributed by atoms with Crippen molar-refractivity contribution in [1.82, 2.24) is 4.98 Å². The number of hydrogen-bond donors (Lipinski definition) is 1. The van der Waals surface area contributed by atoms with E-state index in [9.17, 15) is 13.2 Å². The highest BCUT2D eigenvalue weighted by Gasteiger charge is 2.32. The lowest BCUT2D eigenvalue weighted by molar-refractivity contribution is -0.274. The third kappa shape index (κ3) is 4.40. The number of aromatic nitrogens is 1. The van der Waals surface area contributed by atoms with E-state index >= 15 is 0 Å². The second-order valence-corrected chi connectivity index (χ2v) is 5.06. The van der Waals surface area contributed by atoms with Gasteiger partial charge in [0.25, 0.3) is 0 Å². The van der Waals surface area contributed by atoms with Crippen LogP contribution in [-0.2, 0) is 0 Å². The molecule has 0 saturated carbocycles. The molecule has 2 rings (SSSR count). The van der Waals surface area contributed by atoms with E-state index in [0.717, 1.165) is 6.07 Å². The maximum atomic E-state index is 12.1. The quantitative estimate of drug-likeness (QED) is 0.829. The zero-order chi connectivity index (χ0) is 15.6. The molecule has 0 atom stereocenters. The second-order valence-electron chi connectivity index (χ2n) is 3.80. The molecule has 0 radical (unpaired) electrons. The van der Waals surface area contributed by atoms with Gasteiger partial charge in [-0.2, -0.15) is 0 Å². The van der Waals surface area contributed by atoms with Gasteiger partial charge in [0.2, 0.25) is 5.88 Å². The summed E-state index contributed by atoms with van der Waals surface area (Å²) in [5.74, 6) is -0.0657. The Labute approximate surface area is 130 Å². The van der Waals surface area contributed by atoms with Gasteiger partial charge in [0.1, 0.15) is 16.5 Å².